The smallest absolute Gasteiger partial charge is 0.0725 e. The van der Waals surface area contributed by atoms with Crippen LogP contribution in [0.3, 0.4) is 0 Å². The van der Waals surface area contributed by atoms with Crippen LogP contribution in [-0.4, -0.2) is 4.98 Å². The second-order valence-corrected chi connectivity index (χ2v) is 3.89. The molecule has 82 valence electrons. The van der Waals surface area contributed by atoms with E-state index in [1.807, 2.05) is 12.1 Å². The Balaban J connectivity index is 2.53. The van der Waals surface area contributed by atoms with Gasteiger partial charge in [-0.3, -0.25) is 10.8 Å². The summed E-state index contributed by atoms with van der Waals surface area (Å²) in [4.78, 5) is 4.36. The molecule has 2 rings (SSSR count). The summed E-state index contributed by atoms with van der Waals surface area (Å²) in [6, 6.07) is 10.1. The van der Waals surface area contributed by atoms with Gasteiger partial charge in [0, 0.05) is 11.8 Å². The summed E-state index contributed by atoms with van der Waals surface area (Å²) < 4.78 is 0. The van der Waals surface area contributed by atoms with E-state index in [1.54, 1.807) is 6.20 Å². The van der Waals surface area contributed by atoms with Gasteiger partial charge in [0.1, 0.15) is 0 Å². The van der Waals surface area contributed by atoms with Crippen molar-refractivity contribution in [3.05, 3.63) is 47.7 Å². The number of nitrogens with zero attached hydrogens (tertiary/aromatic N) is 1. The summed E-state index contributed by atoms with van der Waals surface area (Å²) in [7, 11) is 0. The van der Waals surface area contributed by atoms with E-state index in [0.717, 1.165) is 16.9 Å². The molecule has 1 aromatic heterocycles. The van der Waals surface area contributed by atoms with Crippen molar-refractivity contribution < 1.29 is 0 Å². The summed E-state index contributed by atoms with van der Waals surface area (Å²) in [6.07, 6.45) is 1.76. The van der Waals surface area contributed by atoms with E-state index < -0.39 is 0 Å². The van der Waals surface area contributed by atoms with Gasteiger partial charge >= 0.3 is 0 Å². The minimum Gasteiger partial charge on any atom is -0.324 e. The summed E-state index contributed by atoms with van der Waals surface area (Å²) in [6.45, 7) is 4.16. The van der Waals surface area contributed by atoms with Crippen LogP contribution < -0.4 is 11.3 Å². The van der Waals surface area contributed by atoms with Gasteiger partial charge in [0.25, 0.3) is 0 Å². The Morgan fingerprint density at radius 2 is 1.94 bits per heavy atom. The van der Waals surface area contributed by atoms with Gasteiger partial charge in [-0.15, -0.1) is 0 Å². The minimum atomic E-state index is 0.867. The van der Waals surface area contributed by atoms with E-state index in [-0.39, 0.29) is 0 Å². The van der Waals surface area contributed by atoms with Crippen LogP contribution in [0.2, 0.25) is 0 Å². The SMILES string of the molecule is Cc1ccc(C)c(-c2cc(NN)ccn2)c1. The van der Waals surface area contributed by atoms with Crippen molar-refractivity contribution in [3.8, 4) is 11.3 Å². The largest absolute Gasteiger partial charge is 0.324 e. The fourth-order valence-corrected chi connectivity index (χ4v) is 1.68. The molecule has 0 aliphatic carbocycles. The van der Waals surface area contributed by atoms with Crippen molar-refractivity contribution in [2.75, 3.05) is 5.43 Å². The molecule has 1 aromatic carbocycles. The Morgan fingerprint density at radius 3 is 2.69 bits per heavy atom. The fourth-order valence-electron chi connectivity index (χ4n) is 1.68. The lowest BCUT2D eigenvalue weighted by Gasteiger charge is -2.08. The quantitative estimate of drug-likeness (QED) is 0.595. The van der Waals surface area contributed by atoms with Crippen LogP contribution in [0.15, 0.2) is 36.5 Å². The highest BCUT2D eigenvalue weighted by Gasteiger charge is 2.04. The van der Waals surface area contributed by atoms with E-state index in [9.17, 15) is 0 Å². The Labute approximate surface area is 95.3 Å². The number of benzene rings is 1. The maximum absolute atomic E-state index is 5.39. The Kier molecular flexibility index (Phi) is 2.88. The second kappa shape index (κ2) is 4.33. The lowest BCUT2D eigenvalue weighted by Crippen LogP contribution is -2.06. The number of aryl methyl sites for hydroxylation is 2. The lowest BCUT2D eigenvalue weighted by atomic mass is 10.0. The maximum Gasteiger partial charge on any atom is 0.0725 e. The summed E-state index contributed by atoms with van der Waals surface area (Å²) in [5.74, 6) is 5.39. The molecule has 3 N–H and O–H groups in total. The zero-order valence-corrected chi connectivity index (χ0v) is 9.49. The zero-order chi connectivity index (χ0) is 11.5. The molecule has 0 fully saturated rings. The molecule has 0 saturated carbocycles. The molecule has 16 heavy (non-hydrogen) atoms. The Morgan fingerprint density at radius 1 is 1.12 bits per heavy atom. The Bertz CT molecular complexity index is 506. The Hall–Kier alpha value is -1.87. The second-order valence-electron chi connectivity index (χ2n) is 3.89. The van der Waals surface area contributed by atoms with Gasteiger partial charge in [-0.2, -0.15) is 0 Å². The van der Waals surface area contributed by atoms with Crippen molar-refractivity contribution in [1.82, 2.24) is 4.98 Å². The molecule has 0 spiro atoms. The number of anilines is 1. The van der Waals surface area contributed by atoms with E-state index in [0.29, 0.717) is 0 Å². The topological polar surface area (TPSA) is 50.9 Å². The highest BCUT2D eigenvalue weighted by molar-refractivity contribution is 5.67. The summed E-state index contributed by atoms with van der Waals surface area (Å²) >= 11 is 0. The zero-order valence-electron chi connectivity index (χ0n) is 9.49. The molecule has 0 radical (unpaired) electrons. The third-order valence-electron chi connectivity index (χ3n) is 2.60. The van der Waals surface area contributed by atoms with E-state index >= 15 is 0 Å². The molecule has 3 heteroatoms. The van der Waals surface area contributed by atoms with Crippen LogP contribution in [0.4, 0.5) is 5.69 Å². The van der Waals surface area contributed by atoms with Gasteiger partial charge in [0.05, 0.1) is 11.4 Å². The molecule has 0 aliphatic rings. The minimum absolute atomic E-state index is 0.867. The number of nitrogens with one attached hydrogen (secondary N) is 1. The molecule has 1 heterocycles. The van der Waals surface area contributed by atoms with Gasteiger partial charge in [0.15, 0.2) is 0 Å². The number of nitrogen functional groups attached to an aromatic ring is 1. The first kappa shape index (κ1) is 10.6. The van der Waals surface area contributed by atoms with Gasteiger partial charge in [-0.05, 0) is 37.6 Å². The molecule has 0 amide bonds. The first-order chi connectivity index (χ1) is 7.70. The van der Waals surface area contributed by atoms with Gasteiger partial charge in [-0.25, -0.2) is 0 Å². The molecule has 3 nitrogen and oxygen atoms in total. The molecular formula is C13H15N3. The standard InChI is InChI=1S/C13H15N3/c1-9-3-4-10(2)12(7-9)13-8-11(16-14)5-6-15-13/h3-8H,14H2,1-2H3,(H,15,16). The predicted octanol–water partition coefficient (Wildman–Crippen LogP) is 2.65. The van der Waals surface area contributed by atoms with E-state index in [1.165, 1.54) is 11.1 Å². The molecule has 0 bridgehead atoms. The van der Waals surface area contributed by atoms with E-state index in [2.05, 4.69) is 42.5 Å². The molecule has 0 saturated heterocycles. The van der Waals surface area contributed by atoms with Crippen molar-refractivity contribution in [3.63, 3.8) is 0 Å². The normalized spacial score (nSPS) is 10.2. The van der Waals surface area contributed by atoms with Crippen molar-refractivity contribution in [2.45, 2.75) is 13.8 Å². The van der Waals surface area contributed by atoms with Crippen LogP contribution in [-0.2, 0) is 0 Å². The van der Waals surface area contributed by atoms with Crippen LogP contribution in [0.25, 0.3) is 11.3 Å². The molecule has 0 atom stereocenters. The number of nitrogens with two attached hydrogens (primary N) is 1. The first-order valence-corrected chi connectivity index (χ1v) is 5.21. The highest BCUT2D eigenvalue weighted by Crippen LogP contribution is 2.24. The third kappa shape index (κ3) is 2.04. The molecule has 0 unspecified atom stereocenters. The number of hydrogen-bond acceptors (Lipinski definition) is 3. The number of hydrogen-bond donors (Lipinski definition) is 2. The van der Waals surface area contributed by atoms with Gasteiger partial charge in [-0.1, -0.05) is 17.7 Å². The number of aromatic nitrogens is 1. The average Bonchev–Trinajstić information content (AvgIpc) is 2.32. The van der Waals surface area contributed by atoms with Gasteiger partial charge in [0.2, 0.25) is 0 Å². The predicted molar refractivity (Wildman–Crippen MR) is 67.0 cm³/mol. The number of rotatable bonds is 2. The van der Waals surface area contributed by atoms with Crippen molar-refractivity contribution in [2.24, 2.45) is 5.84 Å². The lowest BCUT2D eigenvalue weighted by molar-refractivity contribution is 1.27. The maximum atomic E-state index is 5.39. The molecule has 0 aliphatic heterocycles. The molecular weight excluding hydrogens is 198 g/mol. The van der Waals surface area contributed by atoms with E-state index in [4.69, 9.17) is 5.84 Å². The molecule has 2 aromatic rings. The van der Waals surface area contributed by atoms with Crippen molar-refractivity contribution in [1.29, 1.82) is 0 Å². The monoisotopic (exact) mass is 213 g/mol. The summed E-state index contributed by atoms with van der Waals surface area (Å²) in [5, 5.41) is 0. The van der Waals surface area contributed by atoms with Crippen molar-refractivity contribution >= 4 is 5.69 Å². The van der Waals surface area contributed by atoms with Crippen LogP contribution in [0, 0.1) is 13.8 Å². The van der Waals surface area contributed by atoms with Crippen LogP contribution in [0.5, 0.6) is 0 Å². The third-order valence-corrected chi connectivity index (χ3v) is 2.60. The van der Waals surface area contributed by atoms with Crippen LogP contribution in [0.1, 0.15) is 11.1 Å². The number of pyridine rings is 1. The fraction of sp³-hybridized carbons (Fsp3) is 0.154. The highest BCUT2D eigenvalue weighted by atomic mass is 15.2. The van der Waals surface area contributed by atoms with Gasteiger partial charge < -0.3 is 5.43 Å². The average molecular weight is 213 g/mol. The van der Waals surface area contributed by atoms with Crippen LogP contribution >= 0.6 is 0 Å². The number of hydrazine groups is 1. The first-order valence-electron chi connectivity index (χ1n) is 5.21. The summed E-state index contributed by atoms with van der Waals surface area (Å²) in [5.41, 5.74) is 8.03.